The van der Waals surface area contributed by atoms with Crippen molar-refractivity contribution in [1.29, 1.82) is 0 Å². The largest absolute Gasteiger partial charge is 0.491 e. The number of carbonyl (C=O) groups excluding carboxylic acids is 1. The molecule has 2 aromatic rings. The molecule has 2 rings (SSSR count). The molecule has 0 radical (unpaired) electrons. The van der Waals surface area contributed by atoms with Crippen LogP contribution < -0.4 is 14.8 Å². The van der Waals surface area contributed by atoms with Crippen molar-refractivity contribution in [1.82, 2.24) is 4.98 Å². The van der Waals surface area contributed by atoms with Gasteiger partial charge in [-0.1, -0.05) is 11.6 Å². The van der Waals surface area contributed by atoms with Crippen molar-refractivity contribution >= 4 is 23.2 Å². The maximum absolute atomic E-state index is 13.6. The van der Waals surface area contributed by atoms with Crippen LogP contribution in [0.25, 0.3) is 0 Å². The number of amides is 1. The van der Waals surface area contributed by atoms with Crippen LogP contribution in [-0.2, 0) is 0 Å². The molecular formula is C16H15ClF2N2O3. The molecule has 0 atom stereocenters. The molecule has 0 aliphatic carbocycles. The maximum Gasteiger partial charge on any atom is 0.257 e. The van der Waals surface area contributed by atoms with Gasteiger partial charge in [-0.15, -0.1) is 0 Å². The van der Waals surface area contributed by atoms with Crippen molar-refractivity contribution in [3.63, 3.8) is 0 Å². The highest BCUT2D eigenvalue weighted by atomic mass is 35.5. The molecule has 0 bridgehead atoms. The fourth-order valence-corrected chi connectivity index (χ4v) is 2.10. The van der Waals surface area contributed by atoms with Crippen LogP contribution >= 0.6 is 11.6 Å². The van der Waals surface area contributed by atoms with Crippen LogP contribution in [0.5, 0.6) is 11.6 Å². The SMILES string of the molecule is COc1c(F)cc(NC(=O)c2cnc(OC(C)C)c(Cl)c2)cc1F. The molecule has 0 aliphatic rings. The van der Waals surface area contributed by atoms with Crippen molar-refractivity contribution in [3.05, 3.63) is 46.6 Å². The summed E-state index contributed by atoms with van der Waals surface area (Å²) in [5.41, 5.74) is 0.0576. The molecule has 24 heavy (non-hydrogen) atoms. The topological polar surface area (TPSA) is 60.5 Å². The van der Waals surface area contributed by atoms with E-state index in [4.69, 9.17) is 16.3 Å². The highest BCUT2D eigenvalue weighted by Crippen LogP contribution is 2.27. The molecule has 8 heteroatoms. The van der Waals surface area contributed by atoms with Crippen LogP contribution in [0.15, 0.2) is 24.4 Å². The first-order chi connectivity index (χ1) is 11.3. The smallest absolute Gasteiger partial charge is 0.257 e. The molecule has 1 N–H and O–H groups in total. The number of halogens is 3. The average molecular weight is 357 g/mol. The number of hydrogen-bond donors (Lipinski definition) is 1. The van der Waals surface area contributed by atoms with Gasteiger partial charge in [-0.3, -0.25) is 4.79 Å². The number of aromatic nitrogens is 1. The van der Waals surface area contributed by atoms with Gasteiger partial charge >= 0.3 is 0 Å². The molecular weight excluding hydrogens is 342 g/mol. The lowest BCUT2D eigenvalue weighted by molar-refractivity contribution is 0.102. The Labute approximate surface area is 142 Å². The Morgan fingerprint density at radius 1 is 1.25 bits per heavy atom. The van der Waals surface area contributed by atoms with E-state index in [0.29, 0.717) is 0 Å². The zero-order valence-corrected chi connectivity index (χ0v) is 13.9. The van der Waals surface area contributed by atoms with Crippen LogP contribution in [0.2, 0.25) is 5.02 Å². The summed E-state index contributed by atoms with van der Waals surface area (Å²) in [6.07, 6.45) is 1.13. The number of methoxy groups -OCH3 is 1. The van der Waals surface area contributed by atoms with E-state index in [0.717, 1.165) is 19.2 Å². The normalized spacial score (nSPS) is 10.6. The number of ether oxygens (including phenoxy) is 2. The first kappa shape index (κ1) is 17.9. The molecule has 0 fully saturated rings. The average Bonchev–Trinajstić information content (AvgIpc) is 2.48. The molecule has 1 heterocycles. The standard InChI is InChI=1S/C16H15ClF2N2O3/c1-8(2)24-16-11(17)4-9(7-20-16)15(22)21-10-5-12(18)14(23-3)13(19)6-10/h4-8H,1-3H3,(H,21,22). The zero-order valence-electron chi connectivity index (χ0n) is 13.2. The number of pyridine rings is 1. The van der Waals surface area contributed by atoms with Gasteiger partial charge in [0.05, 0.1) is 18.8 Å². The van der Waals surface area contributed by atoms with E-state index in [2.05, 4.69) is 15.0 Å². The fraction of sp³-hybridized carbons (Fsp3) is 0.250. The number of hydrogen-bond acceptors (Lipinski definition) is 4. The predicted molar refractivity (Wildman–Crippen MR) is 85.9 cm³/mol. The quantitative estimate of drug-likeness (QED) is 0.877. The van der Waals surface area contributed by atoms with E-state index in [1.165, 1.54) is 12.3 Å². The van der Waals surface area contributed by atoms with Crippen molar-refractivity contribution < 1.29 is 23.0 Å². The summed E-state index contributed by atoms with van der Waals surface area (Å²) in [7, 11) is 1.15. The second kappa shape index (κ2) is 7.44. The molecule has 0 unspecified atom stereocenters. The summed E-state index contributed by atoms with van der Waals surface area (Å²) >= 11 is 6.01. The molecule has 1 aromatic heterocycles. The van der Waals surface area contributed by atoms with Crippen LogP contribution in [-0.4, -0.2) is 24.1 Å². The van der Waals surface area contributed by atoms with Crippen molar-refractivity contribution in [3.8, 4) is 11.6 Å². The van der Waals surface area contributed by atoms with Gasteiger partial charge in [0.25, 0.3) is 5.91 Å². The van der Waals surface area contributed by atoms with Gasteiger partial charge in [0.1, 0.15) is 5.02 Å². The minimum absolute atomic E-state index is 0.0607. The van der Waals surface area contributed by atoms with Gasteiger partial charge in [0, 0.05) is 24.0 Å². The van der Waals surface area contributed by atoms with Gasteiger partial charge < -0.3 is 14.8 Å². The van der Waals surface area contributed by atoms with E-state index >= 15 is 0 Å². The lowest BCUT2D eigenvalue weighted by atomic mass is 10.2. The molecule has 0 aliphatic heterocycles. The third-order valence-corrected chi connectivity index (χ3v) is 3.15. The number of nitrogens with one attached hydrogen (secondary N) is 1. The molecule has 1 amide bonds. The molecule has 5 nitrogen and oxygen atoms in total. The fourth-order valence-electron chi connectivity index (χ4n) is 1.89. The lowest BCUT2D eigenvalue weighted by Crippen LogP contribution is -2.14. The Kier molecular flexibility index (Phi) is 5.56. The summed E-state index contributed by atoms with van der Waals surface area (Å²) in [6.45, 7) is 3.62. The van der Waals surface area contributed by atoms with Crippen molar-refractivity contribution in [2.75, 3.05) is 12.4 Å². The Bertz CT molecular complexity index is 746. The van der Waals surface area contributed by atoms with Crippen LogP contribution in [0.3, 0.4) is 0 Å². The molecule has 0 saturated carbocycles. The monoisotopic (exact) mass is 356 g/mol. The van der Waals surface area contributed by atoms with Gasteiger partial charge in [-0.05, 0) is 19.9 Å². The highest BCUT2D eigenvalue weighted by molar-refractivity contribution is 6.32. The predicted octanol–water partition coefficient (Wildman–Crippen LogP) is 4.06. The minimum Gasteiger partial charge on any atom is -0.491 e. The minimum atomic E-state index is -0.926. The summed E-state index contributed by atoms with van der Waals surface area (Å²) in [5, 5.41) is 2.52. The van der Waals surface area contributed by atoms with Crippen molar-refractivity contribution in [2.45, 2.75) is 20.0 Å². The molecule has 1 aromatic carbocycles. The summed E-state index contributed by atoms with van der Waals surface area (Å²) in [5.74, 6) is -2.80. The highest BCUT2D eigenvalue weighted by Gasteiger charge is 2.15. The van der Waals surface area contributed by atoms with Gasteiger partial charge in [0.15, 0.2) is 17.4 Å². The van der Waals surface area contributed by atoms with E-state index in [9.17, 15) is 13.6 Å². The Balaban J connectivity index is 2.20. The third kappa shape index (κ3) is 4.11. The number of benzene rings is 1. The number of rotatable bonds is 5. The first-order valence-corrected chi connectivity index (χ1v) is 7.36. The second-order valence-corrected chi connectivity index (χ2v) is 5.51. The Morgan fingerprint density at radius 2 is 1.88 bits per heavy atom. The van der Waals surface area contributed by atoms with Gasteiger partial charge in [-0.25, -0.2) is 13.8 Å². The number of carbonyl (C=O) groups is 1. The van der Waals surface area contributed by atoms with Crippen LogP contribution in [0.4, 0.5) is 14.5 Å². The van der Waals surface area contributed by atoms with Crippen LogP contribution in [0.1, 0.15) is 24.2 Å². The second-order valence-electron chi connectivity index (χ2n) is 5.10. The third-order valence-electron chi connectivity index (χ3n) is 2.88. The molecule has 128 valence electrons. The van der Waals surface area contributed by atoms with E-state index in [1.807, 2.05) is 13.8 Å². The maximum atomic E-state index is 13.6. The zero-order chi connectivity index (χ0) is 17.9. The van der Waals surface area contributed by atoms with E-state index < -0.39 is 23.3 Å². The van der Waals surface area contributed by atoms with Crippen molar-refractivity contribution in [2.24, 2.45) is 0 Å². The molecule has 0 saturated heterocycles. The Morgan fingerprint density at radius 3 is 2.38 bits per heavy atom. The number of nitrogens with zero attached hydrogens (tertiary/aromatic N) is 1. The lowest BCUT2D eigenvalue weighted by Gasteiger charge is -2.11. The van der Waals surface area contributed by atoms with E-state index in [1.54, 1.807) is 0 Å². The first-order valence-electron chi connectivity index (χ1n) is 6.98. The number of anilines is 1. The van der Waals surface area contributed by atoms with Crippen LogP contribution in [0, 0.1) is 11.6 Å². The summed E-state index contributed by atoms with van der Waals surface area (Å²) in [4.78, 5) is 16.1. The Hall–Kier alpha value is -2.41. The van der Waals surface area contributed by atoms with E-state index in [-0.39, 0.29) is 28.3 Å². The van der Waals surface area contributed by atoms with Gasteiger partial charge in [0.2, 0.25) is 5.88 Å². The molecule has 0 spiro atoms. The summed E-state index contributed by atoms with van der Waals surface area (Å²) in [6, 6.07) is 3.26. The summed E-state index contributed by atoms with van der Waals surface area (Å²) < 4.78 is 37.2. The van der Waals surface area contributed by atoms with Gasteiger partial charge in [-0.2, -0.15) is 0 Å².